The van der Waals surface area contributed by atoms with E-state index < -0.39 is 11.2 Å². The van der Waals surface area contributed by atoms with Crippen LogP contribution in [0.4, 0.5) is 0 Å². The smallest absolute Gasteiger partial charge is 0.325 e. The zero-order valence-electron chi connectivity index (χ0n) is 10.9. The van der Waals surface area contributed by atoms with E-state index in [1.807, 2.05) is 6.92 Å². The number of rotatable bonds is 3. The molecule has 0 spiro atoms. The molecule has 0 saturated carbocycles. The number of amides is 1. The first-order chi connectivity index (χ1) is 9.13. The number of aromatic amines is 2. The van der Waals surface area contributed by atoms with Gasteiger partial charge in [0.25, 0.3) is 11.5 Å². The Labute approximate surface area is 110 Å². The van der Waals surface area contributed by atoms with Crippen molar-refractivity contribution in [2.75, 3.05) is 19.6 Å². The molecule has 0 radical (unpaired) electrons. The zero-order chi connectivity index (χ0) is 13.8. The second kappa shape index (κ2) is 5.83. The van der Waals surface area contributed by atoms with Gasteiger partial charge in [-0.25, -0.2) is 4.79 Å². The van der Waals surface area contributed by atoms with E-state index in [4.69, 9.17) is 0 Å². The van der Waals surface area contributed by atoms with Gasteiger partial charge in [0.2, 0.25) is 0 Å². The molecule has 1 aromatic rings. The fourth-order valence-electron chi connectivity index (χ4n) is 2.39. The van der Waals surface area contributed by atoms with Gasteiger partial charge < -0.3 is 15.2 Å². The lowest BCUT2D eigenvalue weighted by Crippen LogP contribution is -2.49. The van der Waals surface area contributed by atoms with Crippen LogP contribution in [0.5, 0.6) is 0 Å². The number of hydrogen-bond donors (Lipinski definition) is 3. The molecule has 7 nitrogen and oxygen atoms in total. The molecule has 0 bridgehead atoms. The first-order valence-corrected chi connectivity index (χ1v) is 6.47. The first kappa shape index (κ1) is 13.5. The highest BCUT2D eigenvalue weighted by atomic mass is 16.2. The summed E-state index contributed by atoms with van der Waals surface area (Å²) in [6.45, 7) is 4.11. The fraction of sp³-hybridized carbons (Fsp3) is 0.583. The Balaban J connectivity index is 2.24. The predicted molar refractivity (Wildman–Crippen MR) is 70.3 cm³/mol. The Morgan fingerprint density at radius 1 is 1.47 bits per heavy atom. The van der Waals surface area contributed by atoms with E-state index in [9.17, 15) is 14.4 Å². The van der Waals surface area contributed by atoms with Gasteiger partial charge in [0.15, 0.2) is 0 Å². The van der Waals surface area contributed by atoms with E-state index in [-0.39, 0.29) is 17.5 Å². The predicted octanol–water partition coefficient (Wildman–Crippen LogP) is -0.723. The summed E-state index contributed by atoms with van der Waals surface area (Å²) in [5.41, 5.74) is -1.27. The molecule has 2 heterocycles. The van der Waals surface area contributed by atoms with Crippen molar-refractivity contribution in [3.8, 4) is 0 Å². The molecule has 1 amide bonds. The molecular formula is C12H18N4O3. The minimum atomic E-state index is -0.643. The van der Waals surface area contributed by atoms with E-state index in [1.165, 1.54) is 6.20 Å². The summed E-state index contributed by atoms with van der Waals surface area (Å²) in [5.74, 6) is -0.339. The number of H-pyrrole nitrogens is 2. The maximum absolute atomic E-state index is 12.4. The van der Waals surface area contributed by atoms with Crippen molar-refractivity contribution in [1.29, 1.82) is 0 Å². The van der Waals surface area contributed by atoms with Crippen LogP contribution in [-0.2, 0) is 0 Å². The van der Waals surface area contributed by atoms with Gasteiger partial charge in [-0.3, -0.25) is 14.6 Å². The van der Waals surface area contributed by atoms with Crippen LogP contribution in [0.2, 0.25) is 0 Å². The Morgan fingerprint density at radius 2 is 2.26 bits per heavy atom. The third-order valence-corrected chi connectivity index (χ3v) is 3.36. The number of carbonyl (C=O) groups is 1. The third kappa shape index (κ3) is 2.93. The van der Waals surface area contributed by atoms with Crippen molar-refractivity contribution in [3.05, 3.63) is 32.6 Å². The SMILES string of the molecule is CCN(C(=O)c1c[nH]c(=O)[nH]c1=O)C1CCCNC1. The van der Waals surface area contributed by atoms with Crippen molar-refractivity contribution in [1.82, 2.24) is 20.2 Å². The van der Waals surface area contributed by atoms with Crippen molar-refractivity contribution in [3.63, 3.8) is 0 Å². The van der Waals surface area contributed by atoms with Crippen LogP contribution in [0.15, 0.2) is 15.8 Å². The highest BCUT2D eigenvalue weighted by Gasteiger charge is 2.26. The quantitative estimate of drug-likeness (QED) is 0.672. The lowest BCUT2D eigenvalue weighted by Gasteiger charge is -2.33. The van der Waals surface area contributed by atoms with Gasteiger partial charge in [0.05, 0.1) is 0 Å². The van der Waals surface area contributed by atoms with Gasteiger partial charge in [-0.2, -0.15) is 0 Å². The Bertz CT molecular complexity index is 557. The highest BCUT2D eigenvalue weighted by Crippen LogP contribution is 2.12. The lowest BCUT2D eigenvalue weighted by molar-refractivity contribution is 0.0659. The molecule has 2 rings (SSSR count). The van der Waals surface area contributed by atoms with Crippen LogP contribution in [-0.4, -0.2) is 46.5 Å². The van der Waals surface area contributed by atoms with Gasteiger partial charge in [-0.15, -0.1) is 0 Å². The molecule has 1 unspecified atom stereocenters. The summed E-state index contributed by atoms with van der Waals surface area (Å²) in [6, 6.07) is 0.0950. The third-order valence-electron chi connectivity index (χ3n) is 3.36. The maximum atomic E-state index is 12.4. The molecule has 104 valence electrons. The van der Waals surface area contributed by atoms with Crippen molar-refractivity contribution >= 4 is 5.91 Å². The molecule has 1 aliphatic rings. The van der Waals surface area contributed by atoms with Crippen molar-refractivity contribution in [2.24, 2.45) is 0 Å². The topological polar surface area (TPSA) is 98.1 Å². The van der Waals surface area contributed by atoms with E-state index in [0.717, 1.165) is 25.9 Å². The molecule has 1 aliphatic heterocycles. The summed E-state index contributed by atoms with van der Waals surface area (Å²) in [7, 11) is 0. The first-order valence-electron chi connectivity index (χ1n) is 6.47. The van der Waals surface area contributed by atoms with Gasteiger partial charge in [0.1, 0.15) is 5.56 Å². The van der Waals surface area contributed by atoms with Crippen LogP contribution in [0.25, 0.3) is 0 Å². The summed E-state index contributed by atoms with van der Waals surface area (Å²) >= 11 is 0. The molecule has 1 fully saturated rings. The summed E-state index contributed by atoms with van der Waals surface area (Å²) in [4.78, 5) is 41.0. The van der Waals surface area contributed by atoms with E-state index >= 15 is 0 Å². The summed E-state index contributed by atoms with van der Waals surface area (Å²) in [6.07, 6.45) is 3.12. The van der Waals surface area contributed by atoms with E-state index in [0.29, 0.717) is 6.54 Å². The monoisotopic (exact) mass is 266 g/mol. The van der Waals surface area contributed by atoms with Gasteiger partial charge >= 0.3 is 5.69 Å². The van der Waals surface area contributed by atoms with E-state index in [2.05, 4.69) is 15.3 Å². The number of piperidine rings is 1. The minimum Gasteiger partial charge on any atom is -0.334 e. The number of carbonyl (C=O) groups excluding carboxylic acids is 1. The van der Waals surface area contributed by atoms with Crippen LogP contribution in [0.3, 0.4) is 0 Å². The summed E-state index contributed by atoms with van der Waals surface area (Å²) in [5, 5.41) is 3.24. The Kier molecular flexibility index (Phi) is 4.16. The van der Waals surface area contributed by atoms with Gasteiger partial charge in [0, 0.05) is 25.3 Å². The fourth-order valence-corrected chi connectivity index (χ4v) is 2.39. The largest absolute Gasteiger partial charge is 0.334 e. The molecule has 19 heavy (non-hydrogen) atoms. The van der Waals surface area contributed by atoms with Gasteiger partial charge in [-0.1, -0.05) is 0 Å². The average molecular weight is 266 g/mol. The van der Waals surface area contributed by atoms with Crippen molar-refractivity contribution < 1.29 is 4.79 Å². The van der Waals surface area contributed by atoms with Crippen molar-refractivity contribution in [2.45, 2.75) is 25.8 Å². The zero-order valence-corrected chi connectivity index (χ0v) is 10.9. The summed E-state index contributed by atoms with van der Waals surface area (Å²) < 4.78 is 0. The standard InChI is InChI=1S/C12H18N4O3/c1-2-16(8-4-3-5-13-6-8)11(18)9-7-14-12(19)15-10(9)17/h7-8,13H,2-6H2,1H3,(H2,14,15,17,19). The average Bonchev–Trinajstić information content (AvgIpc) is 2.40. The molecule has 3 N–H and O–H groups in total. The van der Waals surface area contributed by atoms with Crippen LogP contribution in [0.1, 0.15) is 30.1 Å². The number of hydrogen-bond acceptors (Lipinski definition) is 4. The lowest BCUT2D eigenvalue weighted by atomic mass is 10.1. The molecule has 1 aromatic heterocycles. The molecule has 7 heteroatoms. The second-order valence-electron chi connectivity index (χ2n) is 4.58. The number of nitrogens with one attached hydrogen (secondary N) is 3. The van der Waals surface area contributed by atoms with Gasteiger partial charge in [-0.05, 0) is 26.3 Å². The number of likely N-dealkylation sites (N-methyl/N-ethyl adjacent to an activating group) is 1. The molecule has 1 saturated heterocycles. The molecular weight excluding hydrogens is 248 g/mol. The Hall–Kier alpha value is -1.89. The van der Waals surface area contributed by atoms with E-state index in [1.54, 1.807) is 4.90 Å². The van der Waals surface area contributed by atoms with Crippen LogP contribution >= 0.6 is 0 Å². The van der Waals surface area contributed by atoms with Crippen LogP contribution < -0.4 is 16.6 Å². The minimum absolute atomic E-state index is 0.0213. The van der Waals surface area contributed by atoms with Crippen LogP contribution in [0, 0.1) is 0 Å². The normalized spacial score (nSPS) is 19.1. The molecule has 0 aliphatic carbocycles. The number of aromatic nitrogens is 2. The maximum Gasteiger partial charge on any atom is 0.325 e. The molecule has 0 aromatic carbocycles. The highest BCUT2D eigenvalue weighted by molar-refractivity contribution is 5.93. The molecule has 1 atom stereocenters. The second-order valence-corrected chi connectivity index (χ2v) is 4.58. The number of nitrogens with zero attached hydrogens (tertiary/aromatic N) is 1. The Morgan fingerprint density at radius 3 is 2.84 bits per heavy atom.